The molecule has 0 saturated carbocycles. The molecule has 0 fully saturated rings. The highest BCUT2D eigenvalue weighted by molar-refractivity contribution is 6.30. The molecule has 2 aromatic carbocycles. The van der Waals surface area contributed by atoms with Gasteiger partial charge in [0, 0.05) is 41.0 Å². The number of nitrogens with zero attached hydrogens (tertiary/aromatic N) is 3. The largest absolute Gasteiger partial charge is 0.347 e. The van der Waals surface area contributed by atoms with Crippen LogP contribution in [-0.2, 0) is 12.5 Å². The third-order valence-corrected chi connectivity index (χ3v) is 5.72. The monoisotopic (exact) mass is 376 g/mol. The van der Waals surface area contributed by atoms with Crippen LogP contribution in [-0.4, -0.2) is 12.0 Å². The van der Waals surface area contributed by atoms with E-state index in [1.54, 1.807) is 0 Å². The van der Waals surface area contributed by atoms with Crippen molar-refractivity contribution in [2.45, 2.75) is 19.3 Å². The topological polar surface area (TPSA) is 20.0 Å². The van der Waals surface area contributed by atoms with E-state index < -0.39 is 0 Å². The van der Waals surface area contributed by atoms with Crippen LogP contribution in [0.15, 0.2) is 66.5 Å². The van der Waals surface area contributed by atoms with Crippen molar-refractivity contribution in [2.24, 2.45) is 7.05 Å². The standard InChI is InChI=1S/C23H23ClN3/c1-23(2)18-14-16(24)12-13-20(18)27(4)22(23)11-7-8-17-15-25-19-9-5-6-10-21(19)26(17)3/h5-15H,1-4H3/q+1. The number of benzene rings is 2. The van der Waals surface area contributed by atoms with Crippen LogP contribution in [0.2, 0.25) is 5.02 Å². The molecule has 136 valence electrons. The Bertz CT molecular complexity index is 1100. The van der Waals surface area contributed by atoms with E-state index in [2.05, 4.69) is 78.8 Å². The van der Waals surface area contributed by atoms with Crippen LogP contribution in [0, 0.1) is 0 Å². The van der Waals surface area contributed by atoms with Crippen LogP contribution in [0.5, 0.6) is 0 Å². The van der Waals surface area contributed by atoms with Gasteiger partial charge >= 0.3 is 0 Å². The number of likely N-dealkylation sites (N-methyl/N-ethyl adjacent to an activating group) is 1. The predicted octanol–water partition coefficient (Wildman–Crippen LogP) is 5.04. The summed E-state index contributed by atoms with van der Waals surface area (Å²) in [5, 5.41) is 0.779. The Hall–Kier alpha value is -2.65. The normalized spacial score (nSPS) is 17.2. The SMILES string of the molecule is CN1C(=CC=Cc2cnc3ccccc3[n+]2C)C(C)(C)c2cc(Cl)ccc21. The maximum Gasteiger partial charge on any atom is 0.231 e. The van der Waals surface area contributed by atoms with E-state index in [1.807, 2.05) is 30.5 Å². The van der Waals surface area contributed by atoms with Crippen molar-refractivity contribution in [1.29, 1.82) is 0 Å². The van der Waals surface area contributed by atoms with Gasteiger partial charge < -0.3 is 4.90 Å². The fourth-order valence-electron chi connectivity index (χ4n) is 3.92. The maximum atomic E-state index is 6.23. The number of rotatable bonds is 2. The molecule has 0 N–H and O–H groups in total. The minimum atomic E-state index is -0.0941. The molecule has 0 amide bonds. The van der Waals surface area contributed by atoms with E-state index >= 15 is 0 Å². The second-order valence-corrected chi connectivity index (χ2v) is 7.92. The third-order valence-electron chi connectivity index (χ3n) is 5.48. The molecule has 0 spiro atoms. The van der Waals surface area contributed by atoms with Gasteiger partial charge in [0.05, 0.1) is 6.20 Å². The van der Waals surface area contributed by atoms with E-state index in [-0.39, 0.29) is 5.41 Å². The molecule has 0 bridgehead atoms. The lowest BCUT2D eigenvalue weighted by atomic mass is 9.84. The van der Waals surface area contributed by atoms with Gasteiger partial charge in [0.1, 0.15) is 12.6 Å². The number of allylic oxidation sites excluding steroid dienone is 3. The lowest BCUT2D eigenvalue weighted by Crippen LogP contribution is -2.33. The lowest BCUT2D eigenvalue weighted by Gasteiger charge is -2.23. The number of aromatic nitrogens is 2. The molecule has 4 rings (SSSR count). The first kappa shape index (κ1) is 17.7. The number of para-hydroxylation sites is 2. The number of fused-ring (bicyclic) bond motifs is 2. The van der Waals surface area contributed by atoms with Gasteiger partial charge in [-0.3, -0.25) is 0 Å². The van der Waals surface area contributed by atoms with Crippen LogP contribution < -0.4 is 9.47 Å². The summed E-state index contributed by atoms with van der Waals surface area (Å²) in [7, 11) is 4.18. The number of hydrogen-bond acceptors (Lipinski definition) is 2. The average molecular weight is 377 g/mol. The molecule has 1 aliphatic rings. The maximum absolute atomic E-state index is 6.23. The highest BCUT2D eigenvalue weighted by atomic mass is 35.5. The Labute approximate surface area is 165 Å². The van der Waals surface area contributed by atoms with Crippen LogP contribution in [0.4, 0.5) is 5.69 Å². The molecular formula is C23H23ClN3+. The van der Waals surface area contributed by atoms with Crippen LogP contribution >= 0.6 is 11.6 Å². The van der Waals surface area contributed by atoms with Gasteiger partial charge in [-0.1, -0.05) is 43.7 Å². The molecule has 2 heterocycles. The highest BCUT2D eigenvalue weighted by Gasteiger charge is 2.38. The van der Waals surface area contributed by atoms with Crippen LogP contribution in [0.1, 0.15) is 25.1 Å². The van der Waals surface area contributed by atoms with Gasteiger partial charge in [0.25, 0.3) is 0 Å². The number of anilines is 1. The molecule has 3 aromatic rings. The number of halogens is 1. The molecular weight excluding hydrogens is 354 g/mol. The molecule has 27 heavy (non-hydrogen) atoms. The van der Waals surface area contributed by atoms with E-state index in [0.29, 0.717) is 0 Å². The summed E-state index contributed by atoms with van der Waals surface area (Å²) in [5.41, 5.74) is 6.80. The zero-order valence-electron chi connectivity index (χ0n) is 16.1. The summed E-state index contributed by atoms with van der Waals surface area (Å²) >= 11 is 6.23. The number of aryl methyl sites for hydroxylation is 1. The second kappa shape index (κ2) is 6.50. The van der Waals surface area contributed by atoms with Gasteiger partial charge in [-0.15, -0.1) is 0 Å². The van der Waals surface area contributed by atoms with Gasteiger partial charge in [-0.05, 0) is 35.9 Å². The summed E-state index contributed by atoms with van der Waals surface area (Å²) in [6, 6.07) is 14.3. The van der Waals surface area contributed by atoms with Gasteiger partial charge in [0.2, 0.25) is 11.2 Å². The molecule has 0 saturated heterocycles. The van der Waals surface area contributed by atoms with Gasteiger partial charge in [-0.25, -0.2) is 4.98 Å². The highest BCUT2D eigenvalue weighted by Crippen LogP contribution is 2.47. The fourth-order valence-corrected chi connectivity index (χ4v) is 4.09. The molecule has 0 aliphatic carbocycles. The Morgan fingerprint density at radius 3 is 2.74 bits per heavy atom. The first-order chi connectivity index (χ1) is 12.9. The fraction of sp³-hybridized carbons (Fsp3) is 0.217. The van der Waals surface area contributed by atoms with E-state index in [1.165, 1.54) is 16.9 Å². The summed E-state index contributed by atoms with van der Waals surface area (Å²) < 4.78 is 2.16. The molecule has 1 aromatic heterocycles. The Kier molecular flexibility index (Phi) is 4.27. The second-order valence-electron chi connectivity index (χ2n) is 7.49. The van der Waals surface area contributed by atoms with Crippen molar-refractivity contribution in [3.8, 4) is 0 Å². The van der Waals surface area contributed by atoms with Crippen molar-refractivity contribution >= 4 is 34.4 Å². The Morgan fingerprint density at radius 2 is 1.93 bits per heavy atom. The van der Waals surface area contributed by atoms with Gasteiger partial charge in [-0.2, -0.15) is 4.57 Å². The predicted molar refractivity (Wildman–Crippen MR) is 113 cm³/mol. The molecule has 4 heteroatoms. The van der Waals surface area contributed by atoms with Crippen molar-refractivity contribution in [3.63, 3.8) is 0 Å². The first-order valence-corrected chi connectivity index (χ1v) is 9.44. The summed E-state index contributed by atoms with van der Waals surface area (Å²) in [4.78, 5) is 6.80. The Morgan fingerprint density at radius 1 is 1.15 bits per heavy atom. The summed E-state index contributed by atoms with van der Waals surface area (Å²) in [6.45, 7) is 4.48. The van der Waals surface area contributed by atoms with E-state index in [4.69, 9.17) is 11.6 Å². The molecule has 0 atom stereocenters. The van der Waals surface area contributed by atoms with Crippen molar-refractivity contribution in [1.82, 2.24) is 4.98 Å². The summed E-state index contributed by atoms with van der Waals surface area (Å²) in [6.07, 6.45) is 8.30. The lowest BCUT2D eigenvalue weighted by molar-refractivity contribution is -0.647. The zero-order valence-corrected chi connectivity index (χ0v) is 16.8. The number of hydrogen-bond donors (Lipinski definition) is 0. The van der Waals surface area contributed by atoms with Crippen molar-refractivity contribution in [3.05, 3.63) is 82.8 Å². The van der Waals surface area contributed by atoms with Gasteiger partial charge in [0.15, 0.2) is 0 Å². The average Bonchev–Trinajstić information content (AvgIpc) is 2.84. The van der Waals surface area contributed by atoms with Crippen molar-refractivity contribution in [2.75, 3.05) is 11.9 Å². The smallest absolute Gasteiger partial charge is 0.231 e. The van der Waals surface area contributed by atoms with E-state index in [0.717, 1.165) is 21.7 Å². The minimum absolute atomic E-state index is 0.0941. The van der Waals surface area contributed by atoms with Crippen LogP contribution in [0.25, 0.3) is 17.1 Å². The quantitative estimate of drug-likeness (QED) is 0.584. The minimum Gasteiger partial charge on any atom is -0.347 e. The van der Waals surface area contributed by atoms with E-state index in [9.17, 15) is 0 Å². The molecule has 0 radical (unpaired) electrons. The first-order valence-electron chi connectivity index (χ1n) is 9.06. The van der Waals surface area contributed by atoms with Crippen molar-refractivity contribution < 1.29 is 4.57 Å². The van der Waals surface area contributed by atoms with Crippen LogP contribution in [0.3, 0.4) is 0 Å². The molecule has 0 unspecified atom stereocenters. The molecule has 3 nitrogen and oxygen atoms in total. The zero-order chi connectivity index (χ0) is 19.2. The molecule has 1 aliphatic heterocycles. The Balaban J connectivity index is 1.70. The summed E-state index contributed by atoms with van der Waals surface area (Å²) in [5.74, 6) is 0. The third kappa shape index (κ3) is 2.92.